The van der Waals surface area contributed by atoms with Gasteiger partial charge >= 0.3 is 0 Å². The van der Waals surface area contributed by atoms with Crippen molar-refractivity contribution in [1.82, 2.24) is 20.2 Å². The van der Waals surface area contributed by atoms with Crippen molar-refractivity contribution in [2.45, 2.75) is 58.3 Å². The minimum absolute atomic E-state index is 0.0313. The number of hydrogen-bond acceptors (Lipinski definition) is 7. The Bertz CT molecular complexity index is 1100. The van der Waals surface area contributed by atoms with E-state index >= 15 is 0 Å². The summed E-state index contributed by atoms with van der Waals surface area (Å²) in [5.74, 6) is 0.353. The third-order valence-corrected chi connectivity index (χ3v) is 6.54. The Kier molecular flexibility index (Phi) is 6.65. The largest absolute Gasteiger partial charge is 0.372 e. The first-order valence-electron chi connectivity index (χ1n) is 11.7. The molecule has 34 heavy (non-hydrogen) atoms. The van der Waals surface area contributed by atoms with Gasteiger partial charge in [-0.05, 0) is 55.5 Å². The summed E-state index contributed by atoms with van der Waals surface area (Å²) in [5.41, 5.74) is 2.65. The van der Waals surface area contributed by atoms with E-state index in [4.69, 9.17) is 0 Å². The van der Waals surface area contributed by atoms with Gasteiger partial charge in [0, 0.05) is 31.1 Å². The number of β-amino-alcohol motifs (C(OH)–C–C–N with tert-alkyl or cyclic N) is 1. The van der Waals surface area contributed by atoms with Crippen molar-refractivity contribution in [2.75, 3.05) is 18.4 Å². The average molecular weight is 465 g/mol. The Labute approximate surface area is 199 Å². The van der Waals surface area contributed by atoms with Gasteiger partial charge in [0.05, 0.1) is 12.0 Å². The highest BCUT2D eigenvalue weighted by Gasteiger charge is 2.45. The third kappa shape index (κ3) is 4.40. The van der Waals surface area contributed by atoms with E-state index in [0.29, 0.717) is 30.9 Å². The quantitative estimate of drug-likeness (QED) is 0.511. The number of anilines is 1. The molecule has 0 radical (unpaired) electrons. The first-order chi connectivity index (χ1) is 16.2. The minimum Gasteiger partial charge on any atom is -0.372 e. The molecule has 9 heteroatoms. The maximum atomic E-state index is 13.2. The normalized spacial score (nSPS) is 22.5. The number of aliphatic imine (C=N–C) groups is 1. The molecular weight excluding hydrogens is 432 g/mol. The van der Waals surface area contributed by atoms with E-state index < -0.39 is 11.6 Å². The first kappa shape index (κ1) is 23.8. The van der Waals surface area contributed by atoms with E-state index in [0.717, 1.165) is 16.7 Å². The second kappa shape index (κ2) is 9.50. The van der Waals surface area contributed by atoms with Gasteiger partial charge in [-0.25, -0.2) is 4.98 Å². The van der Waals surface area contributed by atoms with E-state index in [1.54, 1.807) is 23.5 Å². The second-order valence-corrected chi connectivity index (χ2v) is 9.29. The number of aliphatic hydroxyl groups is 1. The molecule has 4 rings (SSSR count). The van der Waals surface area contributed by atoms with E-state index in [2.05, 4.69) is 25.6 Å². The number of pyridine rings is 2. The van der Waals surface area contributed by atoms with Crippen molar-refractivity contribution in [2.24, 2.45) is 10.9 Å². The number of hydrogen-bond donors (Lipinski definition) is 3. The summed E-state index contributed by atoms with van der Waals surface area (Å²) in [5, 5.41) is 16.6. The molecule has 1 aliphatic heterocycles. The Morgan fingerprint density at radius 2 is 2.06 bits per heavy atom. The number of nitrogens with zero attached hydrogens (tertiary/aromatic N) is 4. The Morgan fingerprint density at radius 3 is 2.71 bits per heavy atom. The summed E-state index contributed by atoms with van der Waals surface area (Å²) in [6.07, 6.45) is 4.93. The summed E-state index contributed by atoms with van der Waals surface area (Å²) < 4.78 is 0. The Morgan fingerprint density at radius 1 is 1.29 bits per heavy atom. The van der Waals surface area contributed by atoms with Crippen LogP contribution in [0.1, 0.15) is 44.4 Å². The molecule has 3 atom stereocenters. The van der Waals surface area contributed by atoms with Gasteiger partial charge in [-0.1, -0.05) is 19.9 Å². The molecule has 0 fully saturated rings. The van der Waals surface area contributed by atoms with Crippen LogP contribution < -0.4 is 10.6 Å². The number of carbonyl (C=O) groups is 2. The van der Waals surface area contributed by atoms with Gasteiger partial charge in [-0.15, -0.1) is 0 Å². The molecule has 1 aliphatic carbocycles. The fourth-order valence-electron chi connectivity index (χ4n) is 4.79. The fourth-order valence-corrected chi connectivity index (χ4v) is 4.79. The molecule has 2 aromatic heterocycles. The maximum absolute atomic E-state index is 13.2. The monoisotopic (exact) mass is 464 g/mol. The van der Waals surface area contributed by atoms with Gasteiger partial charge < -0.3 is 20.6 Å². The van der Waals surface area contributed by atoms with Gasteiger partial charge in [0.15, 0.2) is 0 Å². The highest BCUT2D eigenvalue weighted by Crippen LogP contribution is 2.40. The summed E-state index contributed by atoms with van der Waals surface area (Å²) >= 11 is 0. The first-order valence-corrected chi connectivity index (χ1v) is 11.7. The van der Waals surface area contributed by atoms with Crippen LogP contribution in [0.5, 0.6) is 0 Å². The van der Waals surface area contributed by atoms with E-state index in [1.807, 2.05) is 45.9 Å². The highest BCUT2D eigenvalue weighted by molar-refractivity contribution is 6.40. The number of aromatic nitrogens is 2. The molecular formula is C25H32N6O3. The number of fused-ring (bicyclic) bond motifs is 1. The molecule has 2 aromatic rings. The molecule has 3 heterocycles. The van der Waals surface area contributed by atoms with Crippen molar-refractivity contribution in [3.8, 4) is 0 Å². The van der Waals surface area contributed by atoms with Crippen LogP contribution in [-0.2, 0) is 27.8 Å². The minimum atomic E-state index is -1.01. The van der Waals surface area contributed by atoms with Crippen molar-refractivity contribution < 1.29 is 14.7 Å². The lowest BCUT2D eigenvalue weighted by molar-refractivity contribution is -0.126. The van der Waals surface area contributed by atoms with Crippen molar-refractivity contribution in [1.29, 1.82) is 0 Å². The molecule has 2 aliphatic rings. The summed E-state index contributed by atoms with van der Waals surface area (Å²) in [4.78, 5) is 40.5. The number of rotatable bonds is 8. The SMILES string of the molecule is CCNC(=O)C1(c2cccnc2)Cc2cnc(NC(O)CN3C(=O)C(C(C)C)=NC3C)cc2C1. The highest BCUT2D eigenvalue weighted by atomic mass is 16.3. The van der Waals surface area contributed by atoms with Gasteiger partial charge in [0.2, 0.25) is 5.91 Å². The number of nitrogens with one attached hydrogen (secondary N) is 2. The molecule has 0 saturated heterocycles. The van der Waals surface area contributed by atoms with Crippen LogP contribution in [0.15, 0.2) is 41.8 Å². The lowest BCUT2D eigenvalue weighted by Gasteiger charge is -2.27. The van der Waals surface area contributed by atoms with E-state index in [-0.39, 0.29) is 30.4 Å². The predicted molar refractivity (Wildman–Crippen MR) is 129 cm³/mol. The standard InChI is InChI=1S/C25H32N6O3/c1-5-27-24(34)25(19-7-6-8-26-13-19)10-17-9-20(28-12-18(17)11-25)30-21(32)14-31-16(4)29-22(15(2)3)23(31)33/h6-9,12-13,15-16,21,32H,5,10-11,14H2,1-4H3,(H,27,34)(H,28,30). The van der Waals surface area contributed by atoms with Crippen molar-refractivity contribution >= 4 is 23.3 Å². The lowest BCUT2D eigenvalue weighted by atomic mass is 9.77. The molecule has 0 saturated carbocycles. The van der Waals surface area contributed by atoms with Crippen LogP contribution in [0.3, 0.4) is 0 Å². The second-order valence-electron chi connectivity index (χ2n) is 9.29. The van der Waals surface area contributed by atoms with Crippen molar-refractivity contribution in [3.05, 3.63) is 53.5 Å². The van der Waals surface area contributed by atoms with Crippen LogP contribution >= 0.6 is 0 Å². The van der Waals surface area contributed by atoms with E-state index in [9.17, 15) is 14.7 Å². The maximum Gasteiger partial charge on any atom is 0.269 e. The molecule has 0 spiro atoms. The number of carbonyl (C=O) groups excluding carboxylic acids is 2. The van der Waals surface area contributed by atoms with Crippen LogP contribution in [-0.4, -0.2) is 63.0 Å². The molecule has 3 N–H and O–H groups in total. The van der Waals surface area contributed by atoms with Crippen LogP contribution in [0.2, 0.25) is 0 Å². The molecule has 3 unspecified atom stereocenters. The smallest absolute Gasteiger partial charge is 0.269 e. The van der Waals surface area contributed by atoms with E-state index in [1.165, 1.54) is 0 Å². The van der Waals surface area contributed by atoms with Crippen LogP contribution in [0.25, 0.3) is 0 Å². The zero-order valence-corrected chi connectivity index (χ0v) is 20.1. The molecule has 9 nitrogen and oxygen atoms in total. The van der Waals surface area contributed by atoms with Crippen LogP contribution in [0, 0.1) is 5.92 Å². The van der Waals surface area contributed by atoms with Crippen molar-refractivity contribution in [3.63, 3.8) is 0 Å². The molecule has 2 amide bonds. The zero-order valence-electron chi connectivity index (χ0n) is 20.1. The summed E-state index contributed by atoms with van der Waals surface area (Å²) in [6.45, 7) is 8.25. The van der Waals surface area contributed by atoms with Gasteiger partial charge in [0.25, 0.3) is 5.91 Å². The summed E-state index contributed by atoms with van der Waals surface area (Å²) in [6, 6.07) is 5.66. The summed E-state index contributed by atoms with van der Waals surface area (Å²) in [7, 11) is 0. The molecule has 0 aromatic carbocycles. The molecule has 180 valence electrons. The Hall–Kier alpha value is -3.33. The number of amides is 2. The topological polar surface area (TPSA) is 120 Å². The van der Waals surface area contributed by atoms with Gasteiger partial charge in [-0.2, -0.15) is 0 Å². The molecule has 0 bridgehead atoms. The Balaban J connectivity index is 1.49. The average Bonchev–Trinajstić information content (AvgIpc) is 3.33. The third-order valence-electron chi connectivity index (χ3n) is 6.54. The van der Waals surface area contributed by atoms with Gasteiger partial charge in [-0.3, -0.25) is 19.6 Å². The van der Waals surface area contributed by atoms with Crippen LogP contribution in [0.4, 0.5) is 5.82 Å². The zero-order chi connectivity index (χ0) is 24.5. The van der Waals surface area contributed by atoms with Gasteiger partial charge in [0.1, 0.15) is 23.9 Å². The number of aliphatic hydroxyl groups excluding tert-OH is 1. The lowest BCUT2D eigenvalue weighted by Crippen LogP contribution is -2.45. The number of likely N-dealkylation sites (N-methyl/N-ethyl adjacent to an activating group) is 1. The predicted octanol–water partition coefficient (Wildman–Crippen LogP) is 1.66. The fraction of sp³-hybridized carbons (Fsp3) is 0.480.